The molecule has 4 unspecified atom stereocenters. The van der Waals surface area contributed by atoms with Crippen LogP contribution in [0.15, 0.2) is 48.5 Å². The van der Waals surface area contributed by atoms with E-state index in [0.717, 1.165) is 23.3 Å². The predicted octanol–water partition coefficient (Wildman–Crippen LogP) is 2.28. The number of rotatable bonds is 8. The molecular formula is C23H29N3O4. The summed E-state index contributed by atoms with van der Waals surface area (Å²) in [4.78, 5) is 15.1. The van der Waals surface area contributed by atoms with Crippen molar-refractivity contribution >= 4 is 5.91 Å². The number of hydrazine groups is 1. The summed E-state index contributed by atoms with van der Waals surface area (Å²) in [7, 11) is 0. The van der Waals surface area contributed by atoms with Gasteiger partial charge in [0.15, 0.2) is 0 Å². The van der Waals surface area contributed by atoms with Crippen LogP contribution in [-0.2, 0) is 4.79 Å². The number of nitrogens with one attached hydrogen (secondary N) is 2. The Kier molecular flexibility index (Phi) is 6.22. The standard InChI is InChI=1S/C23H29N3O4/c1-2-14-30-16-10-8-15(9-11-16)22-19-20(17-6-3-4-7-18(17)28)24-25-21(19)23(29)26(22)12-5-13-27/h3-4,6-11,19-22,24-25,27-28H,2,5,12-14H2,1H3. The van der Waals surface area contributed by atoms with Crippen LogP contribution in [0.1, 0.15) is 43.0 Å². The van der Waals surface area contributed by atoms with Crippen molar-refractivity contribution in [1.29, 1.82) is 0 Å². The minimum Gasteiger partial charge on any atom is -0.508 e. The number of ether oxygens (including phenoxy) is 1. The first-order valence-electron chi connectivity index (χ1n) is 10.6. The van der Waals surface area contributed by atoms with E-state index in [2.05, 4.69) is 17.8 Å². The number of phenolic OH excluding ortho intramolecular Hbond substituents is 1. The number of carbonyl (C=O) groups is 1. The zero-order chi connectivity index (χ0) is 21.1. The van der Waals surface area contributed by atoms with Crippen LogP contribution in [0.2, 0.25) is 0 Å². The van der Waals surface area contributed by atoms with E-state index in [9.17, 15) is 15.0 Å². The number of hydrogen-bond donors (Lipinski definition) is 4. The molecule has 4 N–H and O–H groups in total. The topological polar surface area (TPSA) is 94.1 Å². The lowest BCUT2D eigenvalue weighted by Gasteiger charge is -2.31. The van der Waals surface area contributed by atoms with Gasteiger partial charge in [0.25, 0.3) is 0 Å². The van der Waals surface area contributed by atoms with Crippen molar-refractivity contribution in [1.82, 2.24) is 15.8 Å². The molecule has 2 saturated heterocycles. The molecule has 4 rings (SSSR count). The zero-order valence-corrected chi connectivity index (χ0v) is 17.1. The fourth-order valence-electron chi connectivity index (χ4n) is 4.59. The van der Waals surface area contributed by atoms with E-state index in [0.29, 0.717) is 19.6 Å². The second-order valence-electron chi connectivity index (χ2n) is 7.85. The Morgan fingerprint density at radius 1 is 1.07 bits per heavy atom. The van der Waals surface area contributed by atoms with Gasteiger partial charge in [-0.15, -0.1) is 0 Å². The quantitative estimate of drug-likeness (QED) is 0.533. The third kappa shape index (κ3) is 3.76. The number of aliphatic hydroxyl groups is 1. The van der Waals surface area contributed by atoms with E-state index in [4.69, 9.17) is 4.74 Å². The lowest BCUT2D eigenvalue weighted by molar-refractivity contribution is -0.130. The predicted molar refractivity (Wildman–Crippen MR) is 113 cm³/mol. The van der Waals surface area contributed by atoms with Crippen molar-refractivity contribution in [2.45, 2.75) is 37.9 Å². The summed E-state index contributed by atoms with van der Waals surface area (Å²) in [6.07, 6.45) is 1.46. The second kappa shape index (κ2) is 9.04. The Hall–Kier alpha value is -2.61. The van der Waals surface area contributed by atoms with Crippen LogP contribution in [0, 0.1) is 5.92 Å². The number of carbonyl (C=O) groups excluding carboxylic acids is 1. The van der Waals surface area contributed by atoms with Crippen molar-refractivity contribution in [2.24, 2.45) is 5.92 Å². The Morgan fingerprint density at radius 3 is 2.50 bits per heavy atom. The molecule has 0 aliphatic carbocycles. The average Bonchev–Trinajstić information content (AvgIpc) is 3.30. The molecule has 30 heavy (non-hydrogen) atoms. The molecule has 0 radical (unpaired) electrons. The van der Waals surface area contributed by atoms with E-state index < -0.39 is 6.04 Å². The number of para-hydroxylation sites is 1. The van der Waals surface area contributed by atoms with Gasteiger partial charge in [0.2, 0.25) is 5.91 Å². The minimum atomic E-state index is -0.394. The summed E-state index contributed by atoms with van der Waals surface area (Å²) < 4.78 is 5.71. The average molecular weight is 412 g/mol. The summed E-state index contributed by atoms with van der Waals surface area (Å²) in [6.45, 7) is 3.25. The molecule has 160 valence electrons. The van der Waals surface area contributed by atoms with Crippen molar-refractivity contribution in [2.75, 3.05) is 19.8 Å². The highest BCUT2D eigenvalue weighted by atomic mass is 16.5. The first-order valence-corrected chi connectivity index (χ1v) is 10.6. The van der Waals surface area contributed by atoms with Gasteiger partial charge in [-0.1, -0.05) is 37.3 Å². The monoisotopic (exact) mass is 411 g/mol. The number of aliphatic hydroxyl groups excluding tert-OH is 1. The van der Waals surface area contributed by atoms with E-state index in [-0.39, 0.29) is 36.3 Å². The molecule has 2 aromatic carbocycles. The van der Waals surface area contributed by atoms with Crippen molar-refractivity contribution in [3.05, 3.63) is 59.7 Å². The molecule has 0 saturated carbocycles. The largest absolute Gasteiger partial charge is 0.508 e. The fraction of sp³-hybridized carbons (Fsp3) is 0.435. The smallest absolute Gasteiger partial charge is 0.242 e. The van der Waals surface area contributed by atoms with E-state index in [1.165, 1.54) is 0 Å². The van der Waals surface area contributed by atoms with Crippen LogP contribution in [-0.4, -0.2) is 46.8 Å². The van der Waals surface area contributed by atoms with Crippen LogP contribution in [0.4, 0.5) is 0 Å². The molecule has 0 bridgehead atoms. The fourth-order valence-corrected chi connectivity index (χ4v) is 4.59. The van der Waals surface area contributed by atoms with Gasteiger partial charge in [-0.25, -0.2) is 10.9 Å². The molecule has 2 fully saturated rings. The first kappa shape index (κ1) is 20.7. The number of nitrogens with zero attached hydrogens (tertiary/aromatic N) is 1. The van der Waals surface area contributed by atoms with Crippen LogP contribution in [0.5, 0.6) is 11.5 Å². The van der Waals surface area contributed by atoms with Gasteiger partial charge in [0, 0.05) is 24.6 Å². The Balaban J connectivity index is 1.69. The third-order valence-electron chi connectivity index (χ3n) is 5.94. The minimum absolute atomic E-state index is 0.00943. The van der Waals surface area contributed by atoms with Gasteiger partial charge < -0.3 is 19.8 Å². The Bertz CT molecular complexity index is 873. The molecule has 2 heterocycles. The highest BCUT2D eigenvalue weighted by Gasteiger charge is 2.55. The molecule has 0 spiro atoms. The van der Waals surface area contributed by atoms with E-state index >= 15 is 0 Å². The van der Waals surface area contributed by atoms with E-state index in [1.807, 2.05) is 41.3 Å². The summed E-state index contributed by atoms with van der Waals surface area (Å²) in [5.41, 5.74) is 8.16. The van der Waals surface area contributed by atoms with Crippen LogP contribution >= 0.6 is 0 Å². The summed E-state index contributed by atoms with van der Waals surface area (Å²) in [5, 5.41) is 19.8. The molecule has 4 atom stereocenters. The van der Waals surface area contributed by atoms with Gasteiger partial charge in [-0.2, -0.15) is 0 Å². The number of amides is 1. The van der Waals surface area contributed by atoms with Gasteiger partial charge in [-0.3, -0.25) is 4.79 Å². The maximum Gasteiger partial charge on any atom is 0.242 e. The highest BCUT2D eigenvalue weighted by molar-refractivity contribution is 5.86. The molecular weight excluding hydrogens is 382 g/mol. The van der Waals surface area contributed by atoms with Crippen LogP contribution in [0.25, 0.3) is 0 Å². The number of hydrogen-bond acceptors (Lipinski definition) is 6. The number of aromatic hydroxyl groups is 1. The maximum absolute atomic E-state index is 13.2. The Morgan fingerprint density at radius 2 is 1.80 bits per heavy atom. The lowest BCUT2D eigenvalue weighted by atomic mass is 9.83. The summed E-state index contributed by atoms with van der Waals surface area (Å²) >= 11 is 0. The van der Waals surface area contributed by atoms with Crippen LogP contribution < -0.4 is 15.6 Å². The van der Waals surface area contributed by atoms with Gasteiger partial charge in [0.05, 0.1) is 18.7 Å². The Labute approximate surface area is 176 Å². The van der Waals surface area contributed by atoms with Gasteiger partial charge >= 0.3 is 0 Å². The van der Waals surface area contributed by atoms with E-state index in [1.54, 1.807) is 12.1 Å². The summed E-state index contributed by atoms with van der Waals surface area (Å²) in [6, 6.07) is 14.3. The molecule has 2 aliphatic heterocycles. The third-order valence-corrected chi connectivity index (χ3v) is 5.94. The number of benzene rings is 2. The van der Waals surface area contributed by atoms with Gasteiger partial charge in [0.1, 0.15) is 17.5 Å². The molecule has 7 heteroatoms. The molecule has 0 aromatic heterocycles. The zero-order valence-electron chi connectivity index (χ0n) is 17.1. The molecule has 2 aromatic rings. The molecule has 7 nitrogen and oxygen atoms in total. The lowest BCUT2D eigenvalue weighted by Crippen LogP contribution is -2.41. The number of likely N-dealkylation sites (tertiary alicyclic amines) is 1. The van der Waals surface area contributed by atoms with Crippen molar-refractivity contribution in [3.63, 3.8) is 0 Å². The molecule has 1 amide bonds. The second-order valence-corrected chi connectivity index (χ2v) is 7.85. The SMILES string of the molecule is CCCOc1ccc(C2C3C(NNC3c3ccccc3O)C(=O)N2CCCO)cc1. The maximum atomic E-state index is 13.2. The first-order chi connectivity index (χ1) is 14.7. The normalized spacial score (nSPS) is 25.5. The number of fused-ring (bicyclic) bond motifs is 1. The van der Waals surface area contributed by atoms with Crippen molar-refractivity contribution < 1.29 is 19.7 Å². The molecule has 2 aliphatic rings. The summed E-state index contributed by atoms with van der Waals surface area (Å²) in [5.74, 6) is 0.922. The van der Waals surface area contributed by atoms with Crippen molar-refractivity contribution in [3.8, 4) is 11.5 Å². The van der Waals surface area contributed by atoms with Gasteiger partial charge in [-0.05, 0) is 36.6 Å². The van der Waals surface area contributed by atoms with Crippen LogP contribution in [0.3, 0.4) is 0 Å². The number of phenols is 1. The highest BCUT2D eigenvalue weighted by Crippen LogP contribution is 2.48.